The zero-order chi connectivity index (χ0) is 10.3. The standard InChI is InChI=1S/C7H15N2O3P/c1-3-11-13(10,12-4-2)6-7(9)5-8/h7H,3-4,6,9H2,1-2H3. The van der Waals surface area contributed by atoms with Crippen molar-refractivity contribution in [1.29, 1.82) is 5.26 Å². The molecule has 13 heavy (non-hydrogen) atoms. The van der Waals surface area contributed by atoms with Crippen molar-refractivity contribution in [3.05, 3.63) is 0 Å². The molecule has 1 unspecified atom stereocenters. The SMILES string of the molecule is CCOP(=O)(CC(N)C#N)OCC. The first-order chi connectivity index (χ1) is 6.08. The van der Waals surface area contributed by atoms with Gasteiger partial charge in [-0.15, -0.1) is 0 Å². The Balaban J connectivity index is 4.25. The van der Waals surface area contributed by atoms with Crippen LogP contribution in [0.25, 0.3) is 0 Å². The Morgan fingerprint density at radius 3 is 2.23 bits per heavy atom. The summed E-state index contributed by atoms with van der Waals surface area (Å²) in [6, 6.07) is 0.981. The van der Waals surface area contributed by atoms with E-state index in [4.69, 9.17) is 20.0 Å². The molecule has 76 valence electrons. The van der Waals surface area contributed by atoms with Crippen LogP contribution in [0.4, 0.5) is 0 Å². The van der Waals surface area contributed by atoms with Crippen LogP contribution in [0.3, 0.4) is 0 Å². The zero-order valence-electron chi connectivity index (χ0n) is 7.90. The average molecular weight is 206 g/mol. The van der Waals surface area contributed by atoms with Crippen LogP contribution in [0.2, 0.25) is 0 Å². The van der Waals surface area contributed by atoms with E-state index in [2.05, 4.69) is 0 Å². The molecule has 0 radical (unpaired) electrons. The van der Waals surface area contributed by atoms with Gasteiger partial charge < -0.3 is 14.8 Å². The third-order valence-corrected chi connectivity index (χ3v) is 3.38. The van der Waals surface area contributed by atoms with Gasteiger partial charge in [0.1, 0.15) is 6.04 Å². The Labute approximate surface area is 78.4 Å². The first-order valence-corrected chi connectivity index (χ1v) is 5.84. The lowest BCUT2D eigenvalue weighted by Crippen LogP contribution is -2.23. The fourth-order valence-electron chi connectivity index (χ4n) is 0.818. The van der Waals surface area contributed by atoms with E-state index in [0.29, 0.717) is 0 Å². The molecule has 0 aromatic heterocycles. The Hall–Kier alpha value is -0.400. The number of hydrogen-bond donors (Lipinski definition) is 1. The van der Waals surface area contributed by atoms with E-state index in [9.17, 15) is 4.57 Å². The van der Waals surface area contributed by atoms with Gasteiger partial charge in [-0.3, -0.25) is 4.57 Å². The quantitative estimate of drug-likeness (QED) is 0.658. The third kappa shape index (κ3) is 5.02. The van der Waals surface area contributed by atoms with Crippen LogP contribution in [0, 0.1) is 11.3 Å². The van der Waals surface area contributed by atoms with Gasteiger partial charge in [-0.25, -0.2) is 0 Å². The molecule has 2 N–H and O–H groups in total. The molecule has 0 aliphatic carbocycles. The van der Waals surface area contributed by atoms with Crippen LogP contribution in [-0.2, 0) is 13.6 Å². The lowest BCUT2D eigenvalue weighted by molar-refractivity contribution is 0.219. The van der Waals surface area contributed by atoms with Crippen LogP contribution in [-0.4, -0.2) is 25.4 Å². The van der Waals surface area contributed by atoms with E-state index in [1.807, 2.05) is 0 Å². The van der Waals surface area contributed by atoms with Crippen molar-refractivity contribution in [1.82, 2.24) is 0 Å². The highest BCUT2D eigenvalue weighted by molar-refractivity contribution is 7.53. The predicted molar refractivity (Wildman–Crippen MR) is 49.3 cm³/mol. The van der Waals surface area contributed by atoms with E-state index in [0.717, 1.165) is 0 Å². The maximum Gasteiger partial charge on any atom is 0.333 e. The lowest BCUT2D eigenvalue weighted by atomic mass is 10.4. The second-order valence-corrected chi connectivity index (χ2v) is 4.47. The molecular weight excluding hydrogens is 191 g/mol. The zero-order valence-corrected chi connectivity index (χ0v) is 8.79. The van der Waals surface area contributed by atoms with E-state index >= 15 is 0 Å². The van der Waals surface area contributed by atoms with Crippen LogP contribution >= 0.6 is 7.60 Å². The van der Waals surface area contributed by atoms with Gasteiger partial charge in [0.05, 0.1) is 25.4 Å². The summed E-state index contributed by atoms with van der Waals surface area (Å²) in [5.41, 5.74) is 5.33. The van der Waals surface area contributed by atoms with Gasteiger partial charge in [0.15, 0.2) is 0 Å². The molecular formula is C7H15N2O3P. The second-order valence-electron chi connectivity index (χ2n) is 2.36. The topological polar surface area (TPSA) is 85.3 Å². The smallest absolute Gasteiger partial charge is 0.315 e. The molecule has 0 spiro atoms. The number of nitriles is 1. The van der Waals surface area contributed by atoms with Crippen LogP contribution in [0.5, 0.6) is 0 Å². The molecule has 0 aliphatic rings. The number of rotatable bonds is 6. The van der Waals surface area contributed by atoms with Crippen LogP contribution < -0.4 is 5.73 Å². The summed E-state index contributed by atoms with van der Waals surface area (Å²) < 4.78 is 21.6. The summed E-state index contributed by atoms with van der Waals surface area (Å²) >= 11 is 0. The van der Waals surface area contributed by atoms with Crippen LogP contribution in [0.1, 0.15) is 13.8 Å². The summed E-state index contributed by atoms with van der Waals surface area (Å²) in [4.78, 5) is 0. The van der Waals surface area contributed by atoms with Crippen molar-refractivity contribution < 1.29 is 13.6 Å². The number of hydrogen-bond acceptors (Lipinski definition) is 5. The number of nitrogens with zero attached hydrogens (tertiary/aromatic N) is 1. The van der Waals surface area contributed by atoms with Crippen molar-refractivity contribution in [3.8, 4) is 6.07 Å². The molecule has 0 aromatic carbocycles. The Bertz CT molecular complexity index is 216. The van der Waals surface area contributed by atoms with Crippen LogP contribution in [0.15, 0.2) is 0 Å². The maximum atomic E-state index is 11.7. The van der Waals surface area contributed by atoms with E-state index in [1.165, 1.54) is 0 Å². The minimum absolute atomic E-state index is 0.0504. The van der Waals surface area contributed by atoms with Crippen molar-refractivity contribution in [2.45, 2.75) is 19.9 Å². The molecule has 0 saturated heterocycles. The minimum Gasteiger partial charge on any atom is -0.315 e. The second kappa shape index (κ2) is 6.11. The molecule has 0 amide bonds. The summed E-state index contributed by atoms with van der Waals surface area (Å²) in [6.07, 6.45) is -0.0504. The first-order valence-electron chi connectivity index (χ1n) is 4.11. The molecule has 0 bridgehead atoms. The Kier molecular flexibility index (Phi) is 5.93. The molecule has 6 heteroatoms. The summed E-state index contributed by atoms with van der Waals surface area (Å²) in [7, 11) is -3.14. The van der Waals surface area contributed by atoms with Gasteiger partial charge in [0, 0.05) is 0 Å². The fraction of sp³-hybridized carbons (Fsp3) is 0.857. The molecule has 0 heterocycles. The summed E-state index contributed by atoms with van der Waals surface area (Å²) in [5.74, 6) is 0. The summed E-state index contributed by atoms with van der Waals surface area (Å²) in [6.45, 7) is 4.00. The molecule has 0 aliphatic heterocycles. The molecule has 0 fully saturated rings. The average Bonchev–Trinajstić information content (AvgIpc) is 2.04. The van der Waals surface area contributed by atoms with E-state index < -0.39 is 13.6 Å². The third-order valence-electron chi connectivity index (χ3n) is 1.24. The van der Waals surface area contributed by atoms with Gasteiger partial charge in [-0.1, -0.05) is 0 Å². The predicted octanol–water partition coefficient (Wildman–Crippen LogP) is 1.10. The van der Waals surface area contributed by atoms with E-state index in [-0.39, 0.29) is 19.4 Å². The van der Waals surface area contributed by atoms with Gasteiger partial charge in [0.2, 0.25) is 0 Å². The normalized spacial score (nSPS) is 13.7. The molecule has 0 saturated carbocycles. The largest absolute Gasteiger partial charge is 0.333 e. The molecule has 5 nitrogen and oxygen atoms in total. The highest BCUT2D eigenvalue weighted by Gasteiger charge is 2.26. The van der Waals surface area contributed by atoms with Gasteiger partial charge >= 0.3 is 7.60 Å². The number of nitrogens with two attached hydrogens (primary N) is 1. The van der Waals surface area contributed by atoms with Crippen molar-refractivity contribution >= 4 is 7.60 Å². The molecule has 1 atom stereocenters. The lowest BCUT2D eigenvalue weighted by Gasteiger charge is -2.17. The van der Waals surface area contributed by atoms with Crippen molar-refractivity contribution in [2.24, 2.45) is 5.73 Å². The fourth-order valence-corrected chi connectivity index (χ4v) is 2.45. The van der Waals surface area contributed by atoms with E-state index in [1.54, 1.807) is 19.9 Å². The highest BCUT2D eigenvalue weighted by Crippen LogP contribution is 2.48. The first kappa shape index (κ1) is 12.6. The van der Waals surface area contributed by atoms with Gasteiger partial charge in [-0.2, -0.15) is 5.26 Å². The molecule has 0 aromatic rings. The monoisotopic (exact) mass is 206 g/mol. The van der Waals surface area contributed by atoms with Gasteiger partial charge in [-0.05, 0) is 13.8 Å². The van der Waals surface area contributed by atoms with Crippen molar-refractivity contribution in [2.75, 3.05) is 19.4 Å². The molecule has 0 rings (SSSR count). The maximum absolute atomic E-state index is 11.7. The Morgan fingerprint density at radius 1 is 1.46 bits per heavy atom. The highest BCUT2D eigenvalue weighted by atomic mass is 31.2. The van der Waals surface area contributed by atoms with Gasteiger partial charge in [0.25, 0.3) is 0 Å². The van der Waals surface area contributed by atoms with Crippen molar-refractivity contribution in [3.63, 3.8) is 0 Å². The minimum atomic E-state index is -3.14. The summed E-state index contributed by atoms with van der Waals surface area (Å²) in [5, 5.41) is 8.43. The Morgan fingerprint density at radius 2 is 1.92 bits per heavy atom.